The fourth-order valence-corrected chi connectivity index (χ4v) is 16.8. The Morgan fingerprint density at radius 3 is 1.00 bits per heavy atom. The number of halogens is 2. The van der Waals surface area contributed by atoms with Crippen LogP contribution in [-0.4, -0.2) is 245 Å². The summed E-state index contributed by atoms with van der Waals surface area (Å²) in [5, 5.41) is 33.8. The van der Waals surface area contributed by atoms with E-state index in [1.54, 1.807) is 26.0 Å². The van der Waals surface area contributed by atoms with Gasteiger partial charge in [0, 0.05) is 161 Å². The van der Waals surface area contributed by atoms with E-state index in [1.807, 2.05) is 182 Å². The number of aromatic nitrogens is 14. The Kier molecular flexibility index (Phi) is 38.6. The van der Waals surface area contributed by atoms with Crippen LogP contribution in [0.1, 0.15) is 147 Å². The second-order valence-electron chi connectivity index (χ2n) is 38.9. The van der Waals surface area contributed by atoms with Gasteiger partial charge in [-0.15, -0.1) is 0 Å². The van der Waals surface area contributed by atoms with E-state index in [0.717, 1.165) is 203 Å². The van der Waals surface area contributed by atoms with Crippen molar-refractivity contribution in [1.29, 1.82) is 10.5 Å². The molecule has 0 saturated carbocycles. The van der Waals surface area contributed by atoms with Crippen LogP contribution in [0.5, 0.6) is 0 Å². The summed E-state index contributed by atoms with van der Waals surface area (Å²) in [7, 11) is 5.13. The van der Waals surface area contributed by atoms with E-state index in [2.05, 4.69) is 162 Å². The first-order chi connectivity index (χ1) is 70.6. The molecule has 149 heavy (non-hydrogen) atoms. The monoisotopic (exact) mass is 2060 g/mol. The quantitative estimate of drug-likeness (QED) is 0.0153. The summed E-state index contributed by atoms with van der Waals surface area (Å²) in [5.41, 5.74) is 19.7. The van der Waals surface area contributed by atoms with Crippen LogP contribution >= 0.6 is 23.2 Å². The Bertz CT molecular complexity index is 7010. The zero-order valence-corrected chi connectivity index (χ0v) is 89.0. The summed E-state index contributed by atoms with van der Waals surface area (Å²) in [4.78, 5) is 158. The lowest BCUT2D eigenvalue weighted by Crippen LogP contribution is -2.40. The Morgan fingerprint density at radius 1 is 0.423 bits per heavy atom. The molecule has 5 fully saturated rings. The van der Waals surface area contributed by atoms with Gasteiger partial charge in [-0.05, 0) is 273 Å². The number of nitrogens with two attached hydrogens (primary N) is 2. The molecule has 0 radical (unpaired) electrons. The highest BCUT2D eigenvalue weighted by Crippen LogP contribution is 2.37. The molecule has 12 heterocycles. The number of rotatable bonds is 18. The maximum absolute atomic E-state index is 12.1. The normalized spacial score (nSPS) is 16.0. The number of carbonyl (C=O) groups excluding carboxylic acids is 7. The van der Waals surface area contributed by atoms with Gasteiger partial charge in [-0.2, -0.15) is 10.5 Å². The zero-order valence-electron chi connectivity index (χ0n) is 87.5. The van der Waals surface area contributed by atoms with Crippen LogP contribution in [0.15, 0.2) is 166 Å². The van der Waals surface area contributed by atoms with Gasteiger partial charge in [0.05, 0.1) is 69.2 Å². The molecule has 0 spiro atoms. The van der Waals surface area contributed by atoms with Crippen molar-refractivity contribution in [2.24, 2.45) is 5.73 Å². The number of benzene rings is 5. The highest BCUT2D eigenvalue weighted by molar-refractivity contribution is 6.66. The predicted molar refractivity (Wildman–Crippen MR) is 585 cm³/mol. The average Bonchev–Trinajstić information content (AvgIpc) is 1.78. The number of likely N-dealkylation sites (N-methyl/N-ethyl adjacent to an activating group) is 3. The molecule has 0 bridgehead atoms. The minimum absolute atomic E-state index is 0.0132. The van der Waals surface area contributed by atoms with E-state index in [-0.39, 0.29) is 65.4 Å². The number of nitrogen functional groups attached to an aromatic ring is 1. The number of carbonyl (C=O) groups is 7. The Hall–Kier alpha value is -16.1. The van der Waals surface area contributed by atoms with Gasteiger partial charge in [0.2, 0.25) is 34.2 Å². The molecular weight excluding hydrogens is 1940 g/mol. The van der Waals surface area contributed by atoms with Crippen molar-refractivity contribution in [2.45, 2.75) is 189 Å². The fraction of sp³-hybridized carbons (Fsp3) is 0.393. The molecule has 17 rings (SSSR count). The highest BCUT2D eigenvalue weighted by atomic mass is 35.5. The van der Waals surface area contributed by atoms with Crippen molar-refractivity contribution in [3.63, 3.8) is 0 Å². The largest absolute Gasteiger partial charge is 0.444 e. The van der Waals surface area contributed by atoms with E-state index in [4.69, 9.17) is 64.4 Å². The third kappa shape index (κ3) is 32.2. The Morgan fingerprint density at radius 2 is 0.705 bits per heavy atom. The van der Waals surface area contributed by atoms with Crippen LogP contribution in [0.25, 0.3) is 54.5 Å². The van der Waals surface area contributed by atoms with Crippen molar-refractivity contribution in [3.05, 3.63) is 217 Å². The number of hydrogen-bond donors (Lipinski definition) is 6. The summed E-state index contributed by atoms with van der Waals surface area (Å²) < 4.78 is 16.1. The van der Waals surface area contributed by atoms with Gasteiger partial charge in [0.25, 0.3) is 0 Å². The van der Waals surface area contributed by atoms with Gasteiger partial charge >= 0.3 is 18.3 Å². The average molecular weight is 2070 g/mol. The molecule has 5 aliphatic rings. The van der Waals surface area contributed by atoms with Crippen LogP contribution < -0.4 is 71.9 Å². The highest BCUT2D eigenvalue weighted by Gasteiger charge is 2.35. The first kappa shape index (κ1) is 113. The summed E-state index contributed by atoms with van der Waals surface area (Å²) >= 11 is 10.0. The van der Waals surface area contributed by atoms with Gasteiger partial charge in [-0.1, -0.05) is 39.3 Å². The lowest BCUT2D eigenvalue weighted by molar-refractivity contribution is -0.114. The number of nitrogens with zero attached hydrogens (tertiary/aromatic N) is 24. The van der Waals surface area contributed by atoms with Crippen LogP contribution in [0, 0.1) is 57.3 Å². The molecule has 0 unspecified atom stereocenters. The number of aryl methyl sites for hydroxylation is 6. The number of amides is 6. The van der Waals surface area contributed by atoms with Gasteiger partial charge in [0.15, 0.2) is 0 Å². The zero-order chi connectivity index (χ0) is 109. The predicted octanol–water partition coefficient (Wildman–Crippen LogP) is 15.4. The SMILES string of the molecule is C=CC(=O)Cl.C=CC(=O)N(C)c1ccc2c(N3CC[C@@H](N)C3)nc(C)nc2c1.C=CC(=O)N(C)c1ccc2c(N3CC[C@@H](NC(=O)OC(C)(C)C)C3)nc(C)nc2c1.C=CC(=O)N(C)c1ccc2c(N3CC[C@@H](Nc4ncc(C#N)cn4)C3)nc(C)nc2c1.CCc1ccc2c(N3CC[C@@H](NC(=O)OC(C)(C)C)C3)nc(C)nc2c1.Cc1nc(N2CC[C@@H](NC(=O)OC(C)(C)C)C2)c2ccc(N)cc2n1.N#Cc1cnc(Cl)nc1. The van der Waals surface area contributed by atoms with E-state index in [0.29, 0.717) is 59.1 Å². The molecule has 5 saturated heterocycles. The van der Waals surface area contributed by atoms with Crippen LogP contribution in [0.4, 0.5) is 72.2 Å². The molecule has 12 aromatic rings. The topological polar surface area (TPSA) is 501 Å². The van der Waals surface area contributed by atoms with Crippen LogP contribution in [-0.2, 0) is 39.8 Å². The van der Waals surface area contributed by atoms with Crippen LogP contribution in [0.2, 0.25) is 5.28 Å². The summed E-state index contributed by atoms with van der Waals surface area (Å²) in [6, 6.07) is 33.6. The molecule has 6 amide bonds. The number of allylic oxidation sites excluding steroid dienone is 1. The minimum atomic E-state index is -0.528. The number of nitrogens with one attached hydrogen (secondary N) is 4. The minimum Gasteiger partial charge on any atom is -0.444 e. The second kappa shape index (κ2) is 50.8. The van der Waals surface area contributed by atoms with E-state index >= 15 is 0 Å². The molecule has 7 aromatic heterocycles. The Balaban J connectivity index is 0.000000171. The number of anilines is 10. The smallest absolute Gasteiger partial charge is 0.407 e. The number of nitriles is 2. The summed E-state index contributed by atoms with van der Waals surface area (Å²) in [6.45, 7) is 49.7. The summed E-state index contributed by atoms with van der Waals surface area (Å²) in [5.74, 6) is 7.95. The molecule has 0 aliphatic carbocycles. The molecule has 782 valence electrons. The van der Waals surface area contributed by atoms with Crippen molar-refractivity contribution < 1.29 is 47.8 Å². The van der Waals surface area contributed by atoms with Crippen molar-refractivity contribution >= 4 is 177 Å². The maximum atomic E-state index is 12.1. The first-order valence-corrected chi connectivity index (χ1v) is 49.4. The molecular formula is C107H130Cl2N30O10. The van der Waals surface area contributed by atoms with Crippen molar-refractivity contribution in [1.82, 2.24) is 85.7 Å². The lowest BCUT2D eigenvalue weighted by atomic mass is 10.1. The van der Waals surface area contributed by atoms with Crippen LogP contribution in [0.3, 0.4) is 0 Å². The second-order valence-corrected chi connectivity index (χ2v) is 39.6. The van der Waals surface area contributed by atoms with Gasteiger partial charge < -0.3 is 86.1 Å². The summed E-state index contributed by atoms with van der Waals surface area (Å²) in [6.07, 6.45) is 14.9. The van der Waals surface area contributed by atoms with Crippen molar-refractivity contribution in [3.8, 4) is 12.1 Å². The van der Waals surface area contributed by atoms with Crippen molar-refractivity contribution in [2.75, 3.05) is 137 Å². The molecule has 5 atom stereocenters. The van der Waals surface area contributed by atoms with Gasteiger partial charge in [-0.3, -0.25) is 19.2 Å². The van der Waals surface area contributed by atoms with Gasteiger partial charge in [-0.25, -0.2) is 84.2 Å². The molecule has 40 nitrogen and oxygen atoms in total. The standard InChI is InChI=1S/C22H22N8O.C22H29N5O3.C20H28N4O2.C18H25N5O2.C17H21N5O.C5H2ClN3.C3H3ClO/c1-4-20(31)29(3)17-5-6-18-19(9-17)26-14(2)27-21(18)30-8-7-16(13-30)28-22-24-11-15(10-23)12-25-22;1-7-19(28)26(6)16-8-9-17-18(12-16)23-14(2)24-20(17)27-11-10-15(13-27)25-21(29)30-22(3,4)5;1-6-14-7-8-16-17(11-14)21-13(2)22-18(16)24-10-9-15(12-24)23-19(25)26-20(3,4)5;1-11-20-15-9-12(19)5-6-14(15)16(21-11)23-8-7-13(10-23)22-17(24)25-18(2,3)4;1-4-16(23)21(3)13-5-6-14-15(9-13)19-11(2)20-17(14)22-8-7-12(18)10-22;6-5-8-2-4(1-7)3-9-5;1-2-3(4)5/h4-6,9,11-12,16H,1,7-8,13H2,2-3H3,(H,24,25,28);7-9,12,15H,1,10-11,13H2,2-6H3,(H,25,29);7-8,11,15H,6,9-10,12H2,1-5H3,(H,23,25);5-6,9,13H,7-8,10,19H2,1-4H3,(H,22,24);4-6,9,12H,1,7-8,10,18H2,2-3H3;2-3H;2H,1H2/t16-;2*15-;13-;12-;;/m11111../s1. The van der Waals surface area contributed by atoms with E-state index in [9.17, 15) is 33.6 Å². The molecule has 5 aromatic carbocycles. The van der Waals surface area contributed by atoms with E-state index in [1.165, 1.54) is 58.4 Å². The maximum Gasteiger partial charge on any atom is 0.407 e. The number of alkyl carbamates (subject to hydrolysis) is 3. The molecule has 8 N–H and O–H groups in total. The number of ether oxygens (including phenoxy) is 3. The fourth-order valence-electron chi connectivity index (χ4n) is 16.7. The Labute approximate surface area is 877 Å². The van der Waals surface area contributed by atoms with E-state index < -0.39 is 28.1 Å². The third-order valence-corrected chi connectivity index (χ3v) is 24.1. The molecule has 5 aliphatic heterocycles. The van der Waals surface area contributed by atoms with Gasteiger partial charge in [0.1, 0.15) is 87.2 Å². The molecule has 42 heteroatoms. The number of fused-ring (bicyclic) bond motifs is 5. The first-order valence-electron chi connectivity index (χ1n) is 48.6. The third-order valence-electron chi connectivity index (χ3n) is 23.7. The number of hydrogen-bond acceptors (Lipinski definition) is 34. The lowest BCUT2D eigenvalue weighted by Gasteiger charge is -2.23.